The van der Waals surface area contributed by atoms with E-state index in [9.17, 15) is 0 Å². The van der Waals surface area contributed by atoms with Gasteiger partial charge in [0.15, 0.2) is 28.6 Å². The number of nitrogens with one attached hydrogen (secondary N) is 1. The molecule has 34 heavy (non-hydrogen) atoms. The predicted molar refractivity (Wildman–Crippen MR) is 132 cm³/mol. The molecule has 0 atom stereocenters. The number of ether oxygens (including phenoxy) is 2. The number of anilines is 3. The highest BCUT2D eigenvalue weighted by Crippen LogP contribution is 2.28. The SMILES string of the molecule is COCCOc1ccc(N2CCN(c3nc4c(N)nc(-c5cc(C)c(C)o5)nc4[nH]3)CC2)cc1. The molecule has 10 heteroatoms. The molecule has 178 valence electrons. The minimum absolute atomic E-state index is 0.334. The van der Waals surface area contributed by atoms with Gasteiger partial charge in [-0.3, -0.25) is 0 Å². The second-order valence-electron chi connectivity index (χ2n) is 8.35. The predicted octanol–water partition coefficient (Wildman–Crippen LogP) is 3.16. The number of nitrogens with zero attached hydrogens (tertiary/aromatic N) is 5. The van der Waals surface area contributed by atoms with Crippen molar-refractivity contribution in [2.45, 2.75) is 13.8 Å². The van der Waals surface area contributed by atoms with Gasteiger partial charge in [-0.25, -0.2) is 15.0 Å². The van der Waals surface area contributed by atoms with Crippen LogP contribution in [-0.4, -0.2) is 66.4 Å². The maximum atomic E-state index is 6.21. The Morgan fingerprint density at radius 1 is 1.00 bits per heavy atom. The lowest BCUT2D eigenvalue weighted by Gasteiger charge is -2.36. The number of piperazine rings is 1. The lowest BCUT2D eigenvalue weighted by Crippen LogP contribution is -2.46. The number of H-pyrrole nitrogens is 1. The number of nitrogen functional groups attached to an aromatic ring is 1. The van der Waals surface area contributed by atoms with Gasteiger partial charge in [-0.1, -0.05) is 0 Å². The summed E-state index contributed by atoms with van der Waals surface area (Å²) in [6, 6.07) is 10.1. The summed E-state index contributed by atoms with van der Waals surface area (Å²) < 4.78 is 16.4. The molecule has 0 unspecified atom stereocenters. The smallest absolute Gasteiger partial charge is 0.205 e. The van der Waals surface area contributed by atoms with Crippen LogP contribution in [0.5, 0.6) is 5.75 Å². The number of furan rings is 1. The lowest BCUT2D eigenvalue weighted by molar-refractivity contribution is 0.146. The van der Waals surface area contributed by atoms with Gasteiger partial charge >= 0.3 is 0 Å². The minimum Gasteiger partial charge on any atom is -0.491 e. The van der Waals surface area contributed by atoms with E-state index in [1.165, 1.54) is 5.69 Å². The van der Waals surface area contributed by atoms with Gasteiger partial charge in [-0.15, -0.1) is 0 Å². The Labute approximate surface area is 197 Å². The maximum absolute atomic E-state index is 6.21. The summed E-state index contributed by atoms with van der Waals surface area (Å²) in [5, 5.41) is 0. The zero-order valence-corrected chi connectivity index (χ0v) is 19.7. The van der Waals surface area contributed by atoms with Crippen molar-refractivity contribution >= 4 is 28.6 Å². The van der Waals surface area contributed by atoms with E-state index in [2.05, 4.69) is 41.9 Å². The molecule has 1 aromatic carbocycles. The van der Waals surface area contributed by atoms with Crippen molar-refractivity contribution < 1.29 is 13.9 Å². The van der Waals surface area contributed by atoms with Gasteiger partial charge in [0.05, 0.1) is 6.61 Å². The normalized spacial score (nSPS) is 14.2. The third-order valence-corrected chi connectivity index (χ3v) is 6.08. The number of hydrogen-bond donors (Lipinski definition) is 2. The molecular weight excluding hydrogens is 434 g/mol. The van der Waals surface area contributed by atoms with Crippen LogP contribution >= 0.6 is 0 Å². The first-order chi connectivity index (χ1) is 16.5. The van der Waals surface area contributed by atoms with E-state index in [0.717, 1.165) is 49.2 Å². The Morgan fingerprint density at radius 2 is 1.74 bits per heavy atom. The monoisotopic (exact) mass is 463 g/mol. The number of aromatic amines is 1. The molecule has 0 spiro atoms. The molecule has 0 amide bonds. The molecule has 3 N–H and O–H groups in total. The number of methoxy groups -OCH3 is 1. The molecule has 1 saturated heterocycles. The van der Waals surface area contributed by atoms with Crippen molar-refractivity contribution in [3.63, 3.8) is 0 Å². The third kappa shape index (κ3) is 4.36. The van der Waals surface area contributed by atoms with Gasteiger partial charge in [-0.05, 0) is 49.7 Å². The number of rotatable bonds is 7. The zero-order valence-electron chi connectivity index (χ0n) is 19.7. The fraction of sp³-hybridized carbons (Fsp3) is 0.375. The second-order valence-corrected chi connectivity index (χ2v) is 8.35. The molecular formula is C24H29N7O3. The van der Waals surface area contributed by atoms with Gasteiger partial charge < -0.3 is 34.4 Å². The van der Waals surface area contributed by atoms with Crippen LogP contribution in [0.2, 0.25) is 0 Å². The number of aryl methyl sites for hydroxylation is 2. The molecule has 0 saturated carbocycles. The van der Waals surface area contributed by atoms with Crippen LogP contribution in [0.15, 0.2) is 34.7 Å². The number of fused-ring (bicyclic) bond motifs is 1. The molecule has 0 aliphatic carbocycles. The highest BCUT2D eigenvalue weighted by atomic mass is 16.5. The first kappa shape index (κ1) is 22.0. The summed E-state index contributed by atoms with van der Waals surface area (Å²) in [6.45, 7) is 8.42. The summed E-state index contributed by atoms with van der Waals surface area (Å²) in [5.74, 6) is 3.83. The van der Waals surface area contributed by atoms with E-state index in [4.69, 9.17) is 19.6 Å². The van der Waals surface area contributed by atoms with E-state index < -0.39 is 0 Å². The van der Waals surface area contributed by atoms with Crippen LogP contribution in [0, 0.1) is 13.8 Å². The molecule has 0 radical (unpaired) electrons. The highest BCUT2D eigenvalue weighted by Gasteiger charge is 2.22. The quantitative estimate of drug-likeness (QED) is 0.398. The molecule has 4 aromatic rings. The maximum Gasteiger partial charge on any atom is 0.205 e. The van der Waals surface area contributed by atoms with Crippen LogP contribution in [0.3, 0.4) is 0 Å². The number of benzene rings is 1. The first-order valence-electron chi connectivity index (χ1n) is 11.3. The average molecular weight is 464 g/mol. The van der Waals surface area contributed by atoms with Gasteiger partial charge in [-0.2, -0.15) is 0 Å². The standard InChI is InChI=1S/C24H29N7O3/c1-15-14-19(34-16(15)2)22-27-21(25)20-23(28-22)29-24(26-20)31-10-8-30(9-11-31)17-4-6-18(7-5-17)33-13-12-32-3/h4-7,14H,8-13H2,1-3H3,(H3,25,26,27,28,29). The molecule has 5 rings (SSSR count). The number of imidazole rings is 1. The summed E-state index contributed by atoms with van der Waals surface area (Å²) >= 11 is 0. The Morgan fingerprint density at radius 3 is 2.41 bits per heavy atom. The molecule has 1 aliphatic rings. The largest absolute Gasteiger partial charge is 0.491 e. The van der Waals surface area contributed by atoms with E-state index in [0.29, 0.717) is 41.8 Å². The van der Waals surface area contributed by atoms with Crippen molar-refractivity contribution in [1.29, 1.82) is 0 Å². The number of aromatic nitrogens is 4. The van der Waals surface area contributed by atoms with E-state index >= 15 is 0 Å². The fourth-order valence-electron chi connectivity index (χ4n) is 4.03. The van der Waals surface area contributed by atoms with Crippen LogP contribution in [0.25, 0.3) is 22.7 Å². The number of hydrogen-bond acceptors (Lipinski definition) is 9. The Balaban J connectivity index is 1.27. The van der Waals surface area contributed by atoms with Gasteiger partial charge in [0.25, 0.3) is 0 Å². The van der Waals surface area contributed by atoms with E-state index in [-0.39, 0.29) is 0 Å². The van der Waals surface area contributed by atoms with Crippen LogP contribution in [0.1, 0.15) is 11.3 Å². The highest BCUT2D eigenvalue weighted by molar-refractivity contribution is 5.85. The summed E-state index contributed by atoms with van der Waals surface area (Å²) in [7, 11) is 1.67. The summed E-state index contributed by atoms with van der Waals surface area (Å²) in [5.41, 5.74) is 9.62. The molecule has 3 aromatic heterocycles. The Bertz CT molecular complexity index is 1250. The second kappa shape index (κ2) is 9.22. The third-order valence-electron chi connectivity index (χ3n) is 6.08. The van der Waals surface area contributed by atoms with E-state index in [1.807, 2.05) is 32.0 Å². The molecule has 0 bridgehead atoms. The molecule has 1 aliphatic heterocycles. The van der Waals surface area contributed by atoms with Crippen molar-refractivity contribution in [3.05, 3.63) is 41.7 Å². The van der Waals surface area contributed by atoms with E-state index in [1.54, 1.807) is 7.11 Å². The molecule has 1 fully saturated rings. The Hall–Kier alpha value is -3.79. The lowest BCUT2D eigenvalue weighted by atomic mass is 10.2. The van der Waals surface area contributed by atoms with Gasteiger partial charge in [0.2, 0.25) is 5.95 Å². The van der Waals surface area contributed by atoms with Crippen LogP contribution < -0.4 is 20.3 Å². The van der Waals surface area contributed by atoms with Crippen molar-refractivity contribution in [3.8, 4) is 17.3 Å². The van der Waals surface area contributed by atoms with Crippen LogP contribution in [-0.2, 0) is 4.74 Å². The van der Waals surface area contributed by atoms with Crippen LogP contribution in [0.4, 0.5) is 17.5 Å². The van der Waals surface area contributed by atoms with Crippen molar-refractivity contribution in [1.82, 2.24) is 19.9 Å². The molecule has 4 heterocycles. The van der Waals surface area contributed by atoms with Crippen molar-refractivity contribution in [2.75, 3.05) is 62.0 Å². The number of nitrogens with two attached hydrogens (primary N) is 1. The van der Waals surface area contributed by atoms with Gasteiger partial charge in [0, 0.05) is 39.0 Å². The first-order valence-corrected chi connectivity index (χ1v) is 11.3. The minimum atomic E-state index is 0.334. The van der Waals surface area contributed by atoms with Crippen molar-refractivity contribution in [2.24, 2.45) is 0 Å². The zero-order chi connectivity index (χ0) is 23.7. The van der Waals surface area contributed by atoms with Gasteiger partial charge in [0.1, 0.15) is 18.1 Å². The fourth-order valence-corrected chi connectivity index (χ4v) is 4.03. The molecule has 10 nitrogen and oxygen atoms in total. The summed E-state index contributed by atoms with van der Waals surface area (Å²) in [6.07, 6.45) is 0. The average Bonchev–Trinajstić information content (AvgIpc) is 3.43. The topological polar surface area (TPSA) is 119 Å². The Kier molecular flexibility index (Phi) is 5.97. The summed E-state index contributed by atoms with van der Waals surface area (Å²) in [4.78, 5) is 21.6.